The number of nitrogens with two attached hydrogens (primary N) is 1. The SMILES string of the molecule is NCC#CC(O)(/C=C/c1ccccc1)c1ccccc1. The van der Waals surface area contributed by atoms with Crippen LogP contribution in [0.25, 0.3) is 6.08 Å². The second kappa shape index (κ2) is 6.72. The average Bonchev–Trinajstić information content (AvgIpc) is 2.53. The summed E-state index contributed by atoms with van der Waals surface area (Å²) in [4.78, 5) is 0. The van der Waals surface area contributed by atoms with Crippen molar-refractivity contribution in [2.45, 2.75) is 5.60 Å². The van der Waals surface area contributed by atoms with Crippen molar-refractivity contribution in [1.82, 2.24) is 0 Å². The molecule has 1 unspecified atom stereocenters. The molecule has 0 aliphatic heterocycles. The minimum Gasteiger partial charge on any atom is -0.370 e. The van der Waals surface area contributed by atoms with Gasteiger partial charge in [-0.25, -0.2) is 0 Å². The maximum atomic E-state index is 10.8. The predicted octanol–water partition coefficient (Wildman–Crippen LogP) is 2.55. The third kappa shape index (κ3) is 3.58. The third-order valence-electron chi connectivity index (χ3n) is 2.91. The zero-order valence-electron chi connectivity index (χ0n) is 11.2. The minimum absolute atomic E-state index is 0.217. The molecule has 2 heteroatoms. The van der Waals surface area contributed by atoms with Gasteiger partial charge in [0.05, 0.1) is 6.54 Å². The largest absolute Gasteiger partial charge is 0.370 e. The fraction of sp³-hybridized carbons (Fsp3) is 0.111. The van der Waals surface area contributed by atoms with Gasteiger partial charge in [0.2, 0.25) is 0 Å². The van der Waals surface area contributed by atoms with E-state index in [2.05, 4.69) is 11.8 Å². The lowest BCUT2D eigenvalue weighted by atomic mass is 9.93. The number of benzene rings is 2. The van der Waals surface area contributed by atoms with E-state index in [1.54, 1.807) is 6.08 Å². The second-order valence-electron chi connectivity index (χ2n) is 4.38. The van der Waals surface area contributed by atoms with Crippen molar-refractivity contribution in [3.63, 3.8) is 0 Å². The van der Waals surface area contributed by atoms with Crippen LogP contribution in [0.3, 0.4) is 0 Å². The van der Waals surface area contributed by atoms with Gasteiger partial charge in [-0.2, -0.15) is 0 Å². The molecule has 0 saturated heterocycles. The Kier molecular flexibility index (Phi) is 4.73. The molecule has 2 nitrogen and oxygen atoms in total. The first-order valence-electron chi connectivity index (χ1n) is 6.47. The summed E-state index contributed by atoms with van der Waals surface area (Å²) in [7, 11) is 0. The Bertz CT molecular complexity index is 623. The van der Waals surface area contributed by atoms with Gasteiger partial charge in [-0.15, -0.1) is 0 Å². The Hall–Kier alpha value is -2.34. The summed E-state index contributed by atoms with van der Waals surface area (Å²) >= 11 is 0. The van der Waals surface area contributed by atoms with Gasteiger partial charge in [-0.1, -0.05) is 78.6 Å². The summed E-state index contributed by atoms with van der Waals surface area (Å²) in [5.74, 6) is 5.58. The molecule has 0 fully saturated rings. The zero-order valence-corrected chi connectivity index (χ0v) is 11.2. The van der Waals surface area contributed by atoms with Crippen molar-refractivity contribution >= 4 is 6.08 Å². The van der Waals surface area contributed by atoms with Crippen LogP contribution < -0.4 is 5.73 Å². The molecule has 0 aromatic heterocycles. The molecule has 3 N–H and O–H groups in total. The van der Waals surface area contributed by atoms with Crippen LogP contribution in [-0.2, 0) is 5.60 Å². The van der Waals surface area contributed by atoms with Crippen LogP contribution in [0.5, 0.6) is 0 Å². The minimum atomic E-state index is -1.32. The molecule has 0 spiro atoms. The van der Waals surface area contributed by atoms with E-state index >= 15 is 0 Å². The molecular weight excluding hydrogens is 246 g/mol. The Labute approximate surface area is 119 Å². The molecule has 20 heavy (non-hydrogen) atoms. The summed E-state index contributed by atoms with van der Waals surface area (Å²) < 4.78 is 0. The molecule has 0 amide bonds. The number of rotatable bonds is 3. The average molecular weight is 263 g/mol. The number of hydrogen-bond donors (Lipinski definition) is 2. The molecule has 0 saturated carbocycles. The van der Waals surface area contributed by atoms with Crippen LogP contribution in [0.1, 0.15) is 11.1 Å². The van der Waals surface area contributed by atoms with Gasteiger partial charge in [0.1, 0.15) is 0 Å². The Morgan fingerprint density at radius 2 is 1.60 bits per heavy atom. The Morgan fingerprint density at radius 1 is 1.00 bits per heavy atom. The highest BCUT2D eigenvalue weighted by Gasteiger charge is 2.22. The maximum Gasteiger partial charge on any atom is 0.170 e. The molecule has 0 aliphatic rings. The van der Waals surface area contributed by atoms with E-state index in [-0.39, 0.29) is 6.54 Å². The van der Waals surface area contributed by atoms with E-state index in [0.717, 1.165) is 11.1 Å². The second-order valence-corrected chi connectivity index (χ2v) is 4.38. The first-order chi connectivity index (χ1) is 9.74. The van der Waals surface area contributed by atoms with Crippen LogP contribution in [0.4, 0.5) is 0 Å². The molecule has 0 heterocycles. The van der Waals surface area contributed by atoms with E-state index in [9.17, 15) is 5.11 Å². The zero-order chi connectivity index (χ0) is 14.3. The Morgan fingerprint density at radius 3 is 2.20 bits per heavy atom. The standard InChI is InChI=1S/C18H17NO/c19-15-7-13-18(20,17-10-5-2-6-11-17)14-12-16-8-3-1-4-9-16/h1-6,8-12,14,20H,15,19H2/b14-12+. The molecule has 2 rings (SSSR count). The van der Waals surface area contributed by atoms with Crippen molar-refractivity contribution in [3.8, 4) is 11.8 Å². The number of hydrogen-bond acceptors (Lipinski definition) is 2. The molecule has 2 aromatic rings. The third-order valence-corrected chi connectivity index (χ3v) is 2.91. The first-order valence-corrected chi connectivity index (χ1v) is 6.47. The molecule has 0 aliphatic carbocycles. The van der Waals surface area contributed by atoms with Crippen LogP contribution in [0.2, 0.25) is 0 Å². The molecule has 0 bridgehead atoms. The molecule has 2 aromatic carbocycles. The molecule has 100 valence electrons. The van der Waals surface area contributed by atoms with E-state index in [0.29, 0.717) is 0 Å². The molecular formula is C18H17NO. The van der Waals surface area contributed by atoms with Gasteiger partial charge in [0.25, 0.3) is 0 Å². The fourth-order valence-electron chi connectivity index (χ4n) is 1.87. The quantitative estimate of drug-likeness (QED) is 0.836. The fourth-order valence-corrected chi connectivity index (χ4v) is 1.87. The van der Waals surface area contributed by atoms with Gasteiger partial charge in [0.15, 0.2) is 5.60 Å². The predicted molar refractivity (Wildman–Crippen MR) is 82.6 cm³/mol. The smallest absolute Gasteiger partial charge is 0.170 e. The van der Waals surface area contributed by atoms with Gasteiger partial charge >= 0.3 is 0 Å². The summed E-state index contributed by atoms with van der Waals surface area (Å²) in [6.45, 7) is 0.217. The topological polar surface area (TPSA) is 46.2 Å². The summed E-state index contributed by atoms with van der Waals surface area (Å²) in [6.07, 6.45) is 3.55. The normalized spacial score (nSPS) is 13.5. The first kappa shape index (κ1) is 14.1. The molecule has 0 radical (unpaired) electrons. The van der Waals surface area contributed by atoms with Gasteiger partial charge in [-0.3, -0.25) is 0 Å². The maximum absolute atomic E-state index is 10.8. The van der Waals surface area contributed by atoms with Crippen LogP contribution in [0, 0.1) is 11.8 Å². The van der Waals surface area contributed by atoms with E-state index in [1.165, 1.54) is 0 Å². The molecule has 1 atom stereocenters. The van der Waals surface area contributed by atoms with Gasteiger partial charge in [-0.05, 0) is 17.2 Å². The van der Waals surface area contributed by atoms with Gasteiger partial charge in [0, 0.05) is 0 Å². The summed E-state index contributed by atoms with van der Waals surface area (Å²) in [6, 6.07) is 19.1. The van der Waals surface area contributed by atoms with E-state index in [4.69, 9.17) is 5.73 Å². The highest BCUT2D eigenvalue weighted by atomic mass is 16.3. The van der Waals surface area contributed by atoms with E-state index < -0.39 is 5.60 Å². The number of aliphatic hydroxyl groups is 1. The summed E-state index contributed by atoms with van der Waals surface area (Å²) in [5.41, 5.74) is 5.83. The summed E-state index contributed by atoms with van der Waals surface area (Å²) in [5, 5.41) is 10.8. The Balaban J connectivity index is 2.36. The monoisotopic (exact) mass is 263 g/mol. The van der Waals surface area contributed by atoms with Crippen molar-refractivity contribution in [2.75, 3.05) is 6.54 Å². The van der Waals surface area contributed by atoms with Crippen molar-refractivity contribution in [1.29, 1.82) is 0 Å². The van der Waals surface area contributed by atoms with Crippen molar-refractivity contribution in [3.05, 3.63) is 77.9 Å². The lowest BCUT2D eigenvalue weighted by Crippen LogP contribution is -2.20. The van der Waals surface area contributed by atoms with Crippen molar-refractivity contribution in [2.24, 2.45) is 5.73 Å². The highest BCUT2D eigenvalue weighted by Crippen LogP contribution is 2.23. The van der Waals surface area contributed by atoms with Crippen molar-refractivity contribution < 1.29 is 5.11 Å². The van der Waals surface area contributed by atoms with Crippen LogP contribution >= 0.6 is 0 Å². The van der Waals surface area contributed by atoms with E-state index in [1.807, 2.05) is 66.7 Å². The highest BCUT2D eigenvalue weighted by molar-refractivity contribution is 5.53. The lowest BCUT2D eigenvalue weighted by Gasteiger charge is -2.18. The lowest BCUT2D eigenvalue weighted by molar-refractivity contribution is 0.155. The van der Waals surface area contributed by atoms with Crippen LogP contribution in [-0.4, -0.2) is 11.7 Å². The van der Waals surface area contributed by atoms with Crippen LogP contribution in [0.15, 0.2) is 66.7 Å². The van der Waals surface area contributed by atoms with Gasteiger partial charge < -0.3 is 10.8 Å².